The molecule has 0 radical (unpaired) electrons. The van der Waals surface area contributed by atoms with E-state index in [0.717, 1.165) is 17.9 Å². The van der Waals surface area contributed by atoms with E-state index in [1.54, 1.807) is 7.11 Å². The average molecular weight is 198 g/mol. The summed E-state index contributed by atoms with van der Waals surface area (Å²) < 4.78 is 7.03. The van der Waals surface area contributed by atoms with E-state index in [2.05, 4.69) is 29.5 Å². The largest absolute Gasteiger partial charge is 0.378 e. The lowest BCUT2D eigenvalue weighted by atomic mass is 10.3. The van der Waals surface area contributed by atoms with E-state index in [1.807, 2.05) is 11.7 Å². The Hall–Kier alpha value is -0.940. The van der Waals surface area contributed by atoms with Crippen LogP contribution in [0.1, 0.15) is 31.3 Å². The van der Waals surface area contributed by atoms with Gasteiger partial charge in [-0.15, -0.1) is 5.10 Å². The zero-order chi connectivity index (χ0) is 10.6. The SMILES string of the molecule is CNCc1nnn(C(C)C)c1COC. The Kier molecular flexibility index (Phi) is 4.03. The molecule has 0 aliphatic heterocycles. The van der Waals surface area contributed by atoms with Gasteiger partial charge in [0, 0.05) is 19.7 Å². The fourth-order valence-electron chi connectivity index (χ4n) is 1.35. The lowest BCUT2D eigenvalue weighted by Crippen LogP contribution is -2.12. The van der Waals surface area contributed by atoms with Crippen LogP contribution in [0.2, 0.25) is 0 Å². The number of hydrogen-bond acceptors (Lipinski definition) is 4. The summed E-state index contributed by atoms with van der Waals surface area (Å²) in [6, 6.07) is 0.318. The first-order valence-corrected chi connectivity index (χ1v) is 4.77. The summed E-state index contributed by atoms with van der Waals surface area (Å²) in [4.78, 5) is 0. The third-order valence-electron chi connectivity index (χ3n) is 1.99. The van der Waals surface area contributed by atoms with Gasteiger partial charge in [-0.1, -0.05) is 5.21 Å². The minimum Gasteiger partial charge on any atom is -0.378 e. The summed E-state index contributed by atoms with van der Waals surface area (Å²) in [7, 11) is 3.58. The number of nitrogens with zero attached hydrogens (tertiary/aromatic N) is 3. The van der Waals surface area contributed by atoms with Crippen molar-refractivity contribution in [1.29, 1.82) is 0 Å². The van der Waals surface area contributed by atoms with Crippen molar-refractivity contribution < 1.29 is 4.74 Å². The Morgan fingerprint density at radius 2 is 2.21 bits per heavy atom. The maximum absolute atomic E-state index is 5.14. The van der Waals surface area contributed by atoms with E-state index < -0.39 is 0 Å². The molecule has 1 aromatic heterocycles. The van der Waals surface area contributed by atoms with Crippen molar-refractivity contribution in [2.45, 2.75) is 33.0 Å². The molecular weight excluding hydrogens is 180 g/mol. The molecule has 0 aliphatic carbocycles. The highest BCUT2D eigenvalue weighted by atomic mass is 16.5. The van der Waals surface area contributed by atoms with Crippen LogP contribution >= 0.6 is 0 Å². The highest BCUT2D eigenvalue weighted by Gasteiger charge is 2.13. The molecule has 80 valence electrons. The van der Waals surface area contributed by atoms with Crippen LogP contribution in [0.4, 0.5) is 0 Å². The Balaban J connectivity index is 2.94. The maximum Gasteiger partial charge on any atom is 0.102 e. The van der Waals surface area contributed by atoms with Gasteiger partial charge >= 0.3 is 0 Å². The number of methoxy groups -OCH3 is 1. The minimum atomic E-state index is 0.318. The Morgan fingerprint density at radius 1 is 1.50 bits per heavy atom. The van der Waals surface area contributed by atoms with Gasteiger partial charge in [-0.25, -0.2) is 4.68 Å². The van der Waals surface area contributed by atoms with Gasteiger partial charge in [0.05, 0.1) is 12.3 Å². The van der Waals surface area contributed by atoms with Crippen molar-refractivity contribution in [2.75, 3.05) is 14.2 Å². The van der Waals surface area contributed by atoms with Crippen LogP contribution < -0.4 is 5.32 Å². The summed E-state index contributed by atoms with van der Waals surface area (Å²) in [5.41, 5.74) is 2.01. The van der Waals surface area contributed by atoms with Crippen molar-refractivity contribution in [1.82, 2.24) is 20.3 Å². The van der Waals surface area contributed by atoms with Crippen molar-refractivity contribution in [3.05, 3.63) is 11.4 Å². The second-order valence-corrected chi connectivity index (χ2v) is 3.48. The molecule has 0 unspecified atom stereocenters. The van der Waals surface area contributed by atoms with Gasteiger partial charge in [0.1, 0.15) is 5.69 Å². The van der Waals surface area contributed by atoms with Crippen LogP contribution in [0.3, 0.4) is 0 Å². The normalized spacial score (nSPS) is 11.2. The summed E-state index contributed by atoms with van der Waals surface area (Å²) in [6.45, 7) is 5.45. The van der Waals surface area contributed by atoms with Crippen LogP contribution in [-0.4, -0.2) is 29.2 Å². The molecule has 1 heterocycles. The summed E-state index contributed by atoms with van der Waals surface area (Å²) in [5.74, 6) is 0. The van der Waals surface area contributed by atoms with Crippen LogP contribution in [-0.2, 0) is 17.9 Å². The van der Waals surface area contributed by atoms with Gasteiger partial charge < -0.3 is 10.1 Å². The molecule has 0 spiro atoms. The quantitative estimate of drug-likeness (QED) is 0.757. The lowest BCUT2D eigenvalue weighted by Gasteiger charge is -2.09. The van der Waals surface area contributed by atoms with Crippen molar-refractivity contribution in [3.63, 3.8) is 0 Å². The molecule has 5 nitrogen and oxygen atoms in total. The summed E-state index contributed by atoms with van der Waals surface area (Å²) in [6.07, 6.45) is 0. The van der Waals surface area contributed by atoms with Gasteiger partial charge in [0.25, 0.3) is 0 Å². The highest BCUT2D eigenvalue weighted by molar-refractivity contribution is 5.09. The summed E-state index contributed by atoms with van der Waals surface area (Å²) >= 11 is 0. The molecule has 0 atom stereocenters. The predicted molar refractivity (Wildman–Crippen MR) is 53.9 cm³/mol. The van der Waals surface area contributed by atoms with E-state index in [4.69, 9.17) is 4.74 Å². The highest BCUT2D eigenvalue weighted by Crippen LogP contribution is 2.12. The van der Waals surface area contributed by atoms with Crippen LogP contribution in [0.15, 0.2) is 0 Å². The predicted octanol–water partition coefficient (Wildman–Crippen LogP) is 0.725. The first-order valence-electron chi connectivity index (χ1n) is 4.77. The smallest absolute Gasteiger partial charge is 0.102 e. The van der Waals surface area contributed by atoms with Crippen molar-refractivity contribution >= 4 is 0 Å². The Labute approximate surface area is 84.4 Å². The first-order chi connectivity index (χ1) is 6.70. The Bertz CT molecular complexity index is 282. The van der Waals surface area contributed by atoms with Gasteiger partial charge in [-0.2, -0.15) is 0 Å². The summed E-state index contributed by atoms with van der Waals surface area (Å²) in [5, 5.41) is 11.3. The number of nitrogens with one attached hydrogen (secondary N) is 1. The molecule has 5 heteroatoms. The third kappa shape index (κ3) is 2.30. The molecule has 0 aliphatic rings. The van der Waals surface area contributed by atoms with Crippen LogP contribution in [0.5, 0.6) is 0 Å². The van der Waals surface area contributed by atoms with E-state index >= 15 is 0 Å². The van der Waals surface area contributed by atoms with Gasteiger partial charge in [0.2, 0.25) is 0 Å². The van der Waals surface area contributed by atoms with E-state index in [1.165, 1.54) is 0 Å². The molecule has 1 aromatic rings. The molecule has 14 heavy (non-hydrogen) atoms. The number of aromatic nitrogens is 3. The maximum atomic E-state index is 5.14. The zero-order valence-electron chi connectivity index (χ0n) is 9.24. The molecule has 1 rings (SSSR count). The molecule has 0 saturated heterocycles. The van der Waals surface area contributed by atoms with Crippen LogP contribution in [0.25, 0.3) is 0 Å². The fourth-order valence-corrected chi connectivity index (χ4v) is 1.35. The fraction of sp³-hybridized carbons (Fsp3) is 0.778. The van der Waals surface area contributed by atoms with E-state index in [-0.39, 0.29) is 0 Å². The third-order valence-corrected chi connectivity index (χ3v) is 1.99. The molecule has 0 amide bonds. The number of hydrogen-bond donors (Lipinski definition) is 1. The van der Waals surface area contributed by atoms with Crippen molar-refractivity contribution in [3.8, 4) is 0 Å². The topological polar surface area (TPSA) is 52.0 Å². The molecule has 0 bridgehead atoms. The van der Waals surface area contributed by atoms with E-state index in [0.29, 0.717) is 12.6 Å². The van der Waals surface area contributed by atoms with E-state index in [9.17, 15) is 0 Å². The number of rotatable bonds is 5. The molecule has 0 fully saturated rings. The van der Waals surface area contributed by atoms with Crippen molar-refractivity contribution in [2.24, 2.45) is 0 Å². The standard InChI is InChI=1S/C9H18N4O/c1-7(2)13-9(6-14-4)8(5-10-3)11-12-13/h7,10H,5-6H2,1-4H3. The molecule has 0 saturated carbocycles. The Morgan fingerprint density at radius 3 is 2.71 bits per heavy atom. The lowest BCUT2D eigenvalue weighted by molar-refractivity contribution is 0.174. The average Bonchev–Trinajstić information content (AvgIpc) is 2.50. The minimum absolute atomic E-state index is 0.318. The zero-order valence-corrected chi connectivity index (χ0v) is 9.24. The monoisotopic (exact) mass is 198 g/mol. The first kappa shape index (κ1) is 11.1. The van der Waals surface area contributed by atoms with Gasteiger partial charge in [0.15, 0.2) is 0 Å². The molecule has 0 aromatic carbocycles. The number of ether oxygens (including phenoxy) is 1. The van der Waals surface area contributed by atoms with Crippen LogP contribution in [0, 0.1) is 0 Å². The molecular formula is C9H18N4O. The van der Waals surface area contributed by atoms with Gasteiger partial charge in [-0.3, -0.25) is 0 Å². The second-order valence-electron chi connectivity index (χ2n) is 3.48. The molecule has 1 N–H and O–H groups in total. The second kappa shape index (κ2) is 5.07. The van der Waals surface area contributed by atoms with Gasteiger partial charge in [-0.05, 0) is 20.9 Å².